The molecule has 0 saturated carbocycles. The van der Waals surface area contributed by atoms with Gasteiger partial charge in [0, 0.05) is 19.0 Å². The highest BCUT2D eigenvalue weighted by Gasteiger charge is 2.16. The van der Waals surface area contributed by atoms with Crippen molar-refractivity contribution in [2.24, 2.45) is 0 Å². The Balaban J connectivity index is 1.56. The molecule has 8 nitrogen and oxygen atoms in total. The SMILES string of the molecule is Cc1cc(NC(=O)C(=O)NCc2ccc3c(c2)OCCCO3)no1. The number of hydrogen-bond donors (Lipinski definition) is 2. The highest BCUT2D eigenvalue weighted by molar-refractivity contribution is 6.39. The molecule has 0 radical (unpaired) electrons. The monoisotopic (exact) mass is 331 g/mol. The average Bonchev–Trinajstić information content (AvgIpc) is 2.84. The van der Waals surface area contributed by atoms with Crippen molar-refractivity contribution in [1.29, 1.82) is 0 Å². The van der Waals surface area contributed by atoms with E-state index in [2.05, 4.69) is 15.8 Å². The first-order valence-electron chi connectivity index (χ1n) is 7.53. The fourth-order valence-corrected chi connectivity index (χ4v) is 2.18. The summed E-state index contributed by atoms with van der Waals surface area (Å²) in [5.74, 6) is 0.491. The van der Waals surface area contributed by atoms with Crippen molar-refractivity contribution in [2.75, 3.05) is 18.5 Å². The van der Waals surface area contributed by atoms with Crippen LogP contribution >= 0.6 is 0 Å². The van der Waals surface area contributed by atoms with Crippen LogP contribution in [-0.2, 0) is 16.1 Å². The second kappa shape index (κ2) is 7.03. The number of carbonyl (C=O) groups is 2. The maximum atomic E-state index is 11.8. The van der Waals surface area contributed by atoms with Crippen LogP contribution in [-0.4, -0.2) is 30.2 Å². The van der Waals surface area contributed by atoms with Gasteiger partial charge in [0.1, 0.15) is 5.76 Å². The first kappa shape index (κ1) is 15.9. The van der Waals surface area contributed by atoms with Gasteiger partial charge < -0.3 is 19.3 Å². The molecule has 0 bridgehead atoms. The van der Waals surface area contributed by atoms with Crippen molar-refractivity contribution in [3.63, 3.8) is 0 Å². The highest BCUT2D eigenvalue weighted by Crippen LogP contribution is 2.30. The van der Waals surface area contributed by atoms with Crippen molar-refractivity contribution in [2.45, 2.75) is 19.9 Å². The molecule has 8 heteroatoms. The minimum Gasteiger partial charge on any atom is -0.490 e. The smallest absolute Gasteiger partial charge is 0.314 e. The van der Waals surface area contributed by atoms with Gasteiger partial charge in [-0.1, -0.05) is 11.2 Å². The number of aromatic nitrogens is 1. The molecule has 0 fully saturated rings. The molecule has 0 spiro atoms. The zero-order valence-corrected chi connectivity index (χ0v) is 13.1. The number of benzene rings is 1. The maximum absolute atomic E-state index is 11.8. The van der Waals surface area contributed by atoms with E-state index in [0.29, 0.717) is 30.5 Å². The van der Waals surface area contributed by atoms with Crippen LogP contribution in [0.3, 0.4) is 0 Å². The molecule has 24 heavy (non-hydrogen) atoms. The number of ether oxygens (including phenoxy) is 2. The van der Waals surface area contributed by atoms with Gasteiger partial charge in [0.25, 0.3) is 0 Å². The van der Waals surface area contributed by atoms with Gasteiger partial charge in [-0.2, -0.15) is 0 Å². The number of amides is 2. The number of nitrogens with zero attached hydrogens (tertiary/aromatic N) is 1. The number of anilines is 1. The van der Waals surface area contributed by atoms with Crippen LogP contribution in [0, 0.1) is 6.92 Å². The van der Waals surface area contributed by atoms with E-state index in [1.54, 1.807) is 19.1 Å². The van der Waals surface area contributed by atoms with E-state index in [4.69, 9.17) is 14.0 Å². The van der Waals surface area contributed by atoms with Crippen LogP contribution in [0.4, 0.5) is 5.82 Å². The Labute approximate surface area is 138 Å². The lowest BCUT2D eigenvalue weighted by Gasteiger charge is -2.10. The predicted octanol–water partition coefficient (Wildman–Crippen LogP) is 1.40. The fraction of sp³-hybridized carbons (Fsp3) is 0.312. The predicted molar refractivity (Wildman–Crippen MR) is 83.8 cm³/mol. The zero-order chi connectivity index (χ0) is 16.9. The largest absolute Gasteiger partial charge is 0.490 e. The Morgan fingerprint density at radius 2 is 1.92 bits per heavy atom. The molecule has 2 heterocycles. The minimum atomic E-state index is -0.808. The Morgan fingerprint density at radius 1 is 1.12 bits per heavy atom. The minimum absolute atomic E-state index is 0.195. The molecule has 0 unspecified atom stereocenters. The van der Waals surface area contributed by atoms with Gasteiger partial charge in [-0.15, -0.1) is 0 Å². The van der Waals surface area contributed by atoms with Gasteiger partial charge in [0.15, 0.2) is 17.3 Å². The van der Waals surface area contributed by atoms with Gasteiger partial charge in [-0.3, -0.25) is 14.9 Å². The van der Waals surface area contributed by atoms with E-state index in [1.807, 2.05) is 6.07 Å². The number of fused-ring (bicyclic) bond motifs is 1. The Morgan fingerprint density at radius 3 is 2.67 bits per heavy atom. The van der Waals surface area contributed by atoms with Crippen LogP contribution in [0.15, 0.2) is 28.8 Å². The van der Waals surface area contributed by atoms with Crippen LogP contribution in [0.25, 0.3) is 0 Å². The lowest BCUT2D eigenvalue weighted by Crippen LogP contribution is -2.35. The van der Waals surface area contributed by atoms with E-state index in [9.17, 15) is 9.59 Å². The first-order valence-corrected chi connectivity index (χ1v) is 7.53. The number of rotatable bonds is 3. The summed E-state index contributed by atoms with van der Waals surface area (Å²) < 4.78 is 15.9. The molecule has 1 aromatic carbocycles. The lowest BCUT2D eigenvalue weighted by atomic mass is 10.2. The van der Waals surface area contributed by atoms with Crippen LogP contribution in [0.1, 0.15) is 17.7 Å². The Kier molecular flexibility index (Phi) is 4.64. The lowest BCUT2D eigenvalue weighted by molar-refractivity contribution is -0.136. The van der Waals surface area contributed by atoms with Crippen LogP contribution in [0.5, 0.6) is 11.5 Å². The van der Waals surface area contributed by atoms with E-state index < -0.39 is 11.8 Å². The second-order valence-electron chi connectivity index (χ2n) is 5.29. The summed E-state index contributed by atoms with van der Waals surface area (Å²) in [7, 11) is 0. The third-order valence-electron chi connectivity index (χ3n) is 3.34. The van der Waals surface area contributed by atoms with E-state index in [0.717, 1.165) is 12.0 Å². The van der Waals surface area contributed by atoms with Crippen molar-refractivity contribution in [3.8, 4) is 11.5 Å². The molecule has 2 amide bonds. The normalized spacial score (nSPS) is 13.0. The number of aryl methyl sites for hydroxylation is 1. The second-order valence-corrected chi connectivity index (χ2v) is 5.29. The molecule has 3 rings (SSSR count). The summed E-state index contributed by atoms with van der Waals surface area (Å²) in [5, 5.41) is 8.50. The summed E-state index contributed by atoms with van der Waals surface area (Å²) in [4.78, 5) is 23.6. The third-order valence-corrected chi connectivity index (χ3v) is 3.34. The molecular weight excluding hydrogens is 314 g/mol. The number of carbonyl (C=O) groups excluding carboxylic acids is 2. The molecule has 0 saturated heterocycles. The fourth-order valence-electron chi connectivity index (χ4n) is 2.18. The van der Waals surface area contributed by atoms with Crippen molar-refractivity contribution >= 4 is 17.6 Å². The van der Waals surface area contributed by atoms with E-state index in [1.165, 1.54) is 6.07 Å². The van der Waals surface area contributed by atoms with Gasteiger partial charge in [0.2, 0.25) is 0 Å². The number of hydrogen-bond acceptors (Lipinski definition) is 6. The van der Waals surface area contributed by atoms with Crippen LogP contribution < -0.4 is 20.1 Å². The quantitative estimate of drug-likeness (QED) is 0.824. The zero-order valence-electron chi connectivity index (χ0n) is 13.1. The summed E-state index contributed by atoms with van der Waals surface area (Å²) in [6.07, 6.45) is 0.822. The summed E-state index contributed by atoms with van der Waals surface area (Å²) in [5.41, 5.74) is 0.803. The maximum Gasteiger partial charge on any atom is 0.314 e. The van der Waals surface area contributed by atoms with Crippen molar-refractivity contribution < 1.29 is 23.6 Å². The third kappa shape index (κ3) is 3.83. The molecule has 1 aliphatic heterocycles. The van der Waals surface area contributed by atoms with Crippen LogP contribution in [0.2, 0.25) is 0 Å². The molecule has 0 atom stereocenters. The van der Waals surface area contributed by atoms with Gasteiger partial charge in [0.05, 0.1) is 13.2 Å². The molecule has 2 N–H and O–H groups in total. The molecule has 2 aromatic rings. The van der Waals surface area contributed by atoms with Crippen molar-refractivity contribution in [3.05, 3.63) is 35.6 Å². The molecule has 0 aliphatic carbocycles. The van der Waals surface area contributed by atoms with Gasteiger partial charge >= 0.3 is 11.8 Å². The molecule has 1 aromatic heterocycles. The summed E-state index contributed by atoms with van der Waals surface area (Å²) >= 11 is 0. The van der Waals surface area contributed by atoms with E-state index in [-0.39, 0.29) is 12.4 Å². The van der Waals surface area contributed by atoms with Gasteiger partial charge in [-0.05, 0) is 24.6 Å². The molecular formula is C16H17N3O5. The highest BCUT2D eigenvalue weighted by atomic mass is 16.5. The molecule has 1 aliphatic rings. The summed E-state index contributed by atoms with van der Waals surface area (Å²) in [6.45, 7) is 3.08. The summed E-state index contributed by atoms with van der Waals surface area (Å²) in [6, 6.07) is 6.92. The van der Waals surface area contributed by atoms with Gasteiger partial charge in [-0.25, -0.2) is 0 Å². The Hall–Kier alpha value is -3.03. The Bertz CT molecular complexity index is 756. The first-order chi connectivity index (χ1) is 11.6. The number of nitrogens with one attached hydrogen (secondary N) is 2. The standard InChI is InChI=1S/C16H17N3O5/c1-10-7-14(19-24-10)18-16(21)15(20)17-9-11-3-4-12-13(8-11)23-6-2-5-22-12/h3-4,7-8H,2,5-6,9H2,1H3,(H,17,20)(H,18,19,21). The topological polar surface area (TPSA) is 103 Å². The molecule has 126 valence electrons. The van der Waals surface area contributed by atoms with Crippen molar-refractivity contribution in [1.82, 2.24) is 10.5 Å². The average molecular weight is 331 g/mol. The van der Waals surface area contributed by atoms with E-state index >= 15 is 0 Å².